The number of benzene rings is 3. The normalized spacial score (nSPS) is 15.1. The van der Waals surface area contributed by atoms with Crippen molar-refractivity contribution in [3.05, 3.63) is 126 Å². The van der Waals surface area contributed by atoms with Gasteiger partial charge in [-0.3, -0.25) is 0 Å². The van der Waals surface area contributed by atoms with E-state index in [1.54, 1.807) is 0 Å². The molecule has 0 saturated heterocycles. The first-order valence-electron chi connectivity index (χ1n) is 10.2. The molecule has 5 rings (SSSR count). The molecule has 148 valence electrons. The van der Waals surface area contributed by atoms with Crippen molar-refractivity contribution in [1.29, 1.82) is 0 Å². The van der Waals surface area contributed by atoms with Crippen molar-refractivity contribution < 1.29 is 4.79 Å². The highest BCUT2D eigenvalue weighted by molar-refractivity contribution is 5.76. The lowest BCUT2D eigenvalue weighted by Gasteiger charge is -2.31. The van der Waals surface area contributed by atoms with Gasteiger partial charge >= 0.3 is 6.03 Å². The van der Waals surface area contributed by atoms with Crippen molar-refractivity contribution in [2.45, 2.75) is 19.1 Å². The number of amides is 2. The number of fused-ring (bicyclic) bond motifs is 3. The third kappa shape index (κ3) is 3.37. The third-order valence-corrected chi connectivity index (χ3v) is 5.63. The van der Waals surface area contributed by atoms with E-state index in [0.717, 1.165) is 28.1 Å². The highest BCUT2D eigenvalue weighted by Gasteiger charge is 2.32. The Hall–Kier alpha value is -3.79. The van der Waals surface area contributed by atoms with E-state index in [9.17, 15) is 4.79 Å². The average molecular weight is 393 g/mol. The van der Waals surface area contributed by atoms with Crippen LogP contribution in [0.25, 0.3) is 5.69 Å². The molecule has 2 heterocycles. The quantitative estimate of drug-likeness (QED) is 0.504. The minimum absolute atomic E-state index is 0.0721. The van der Waals surface area contributed by atoms with Gasteiger partial charge in [-0.05, 0) is 34.9 Å². The fourth-order valence-electron chi connectivity index (χ4n) is 4.20. The lowest BCUT2D eigenvalue weighted by atomic mass is 10.0. The summed E-state index contributed by atoms with van der Waals surface area (Å²) in [5, 5.41) is 3.13. The van der Waals surface area contributed by atoms with Crippen molar-refractivity contribution in [3.63, 3.8) is 0 Å². The molecule has 3 aromatic carbocycles. The van der Waals surface area contributed by atoms with Crippen LogP contribution in [0.5, 0.6) is 0 Å². The summed E-state index contributed by atoms with van der Waals surface area (Å²) in [6.07, 6.45) is 2.08. The van der Waals surface area contributed by atoms with Gasteiger partial charge in [0.05, 0.1) is 18.3 Å². The van der Waals surface area contributed by atoms with Crippen LogP contribution in [0.4, 0.5) is 4.79 Å². The lowest BCUT2D eigenvalue weighted by Crippen LogP contribution is -2.41. The van der Waals surface area contributed by atoms with Crippen LogP contribution in [0.1, 0.15) is 28.4 Å². The number of aromatic nitrogens is 1. The van der Waals surface area contributed by atoms with Crippen LogP contribution in [0, 0.1) is 0 Å². The number of carbonyl (C=O) groups is 1. The first kappa shape index (κ1) is 18.3. The molecule has 1 aromatic heterocycles. The van der Waals surface area contributed by atoms with E-state index in [4.69, 9.17) is 0 Å². The number of nitrogens with one attached hydrogen (secondary N) is 1. The van der Waals surface area contributed by atoms with E-state index >= 15 is 0 Å². The highest BCUT2D eigenvalue weighted by Crippen LogP contribution is 2.36. The molecular formula is C26H23N3O. The number of para-hydroxylation sites is 1. The van der Waals surface area contributed by atoms with Crippen molar-refractivity contribution in [2.75, 3.05) is 0 Å². The Bertz CT molecular complexity index is 1150. The summed E-state index contributed by atoms with van der Waals surface area (Å²) in [5.74, 6) is 0. The predicted octanol–water partition coefficient (Wildman–Crippen LogP) is 5.29. The second kappa shape index (κ2) is 7.91. The molecule has 2 amide bonds. The molecule has 0 aliphatic carbocycles. The van der Waals surface area contributed by atoms with Crippen LogP contribution < -0.4 is 5.32 Å². The van der Waals surface area contributed by atoms with E-state index in [-0.39, 0.29) is 12.1 Å². The minimum atomic E-state index is -0.177. The molecule has 1 aliphatic heterocycles. The molecule has 1 atom stereocenters. The molecule has 0 fully saturated rings. The molecule has 0 unspecified atom stereocenters. The maximum Gasteiger partial charge on any atom is 0.318 e. The monoisotopic (exact) mass is 393 g/mol. The summed E-state index contributed by atoms with van der Waals surface area (Å²) in [5.41, 5.74) is 5.52. The van der Waals surface area contributed by atoms with E-state index in [2.05, 4.69) is 46.4 Å². The van der Waals surface area contributed by atoms with Crippen molar-refractivity contribution in [3.8, 4) is 5.69 Å². The molecule has 1 N–H and O–H groups in total. The van der Waals surface area contributed by atoms with Crippen LogP contribution in [0.2, 0.25) is 0 Å². The molecule has 4 aromatic rings. The maximum absolute atomic E-state index is 13.5. The predicted molar refractivity (Wildman–Crippen MR) is 118 cm³/mol. The third-order valence-electron chi connectivity index (χ3n) is 5.63. The van der Waals surface area contributed by atoms with Gasteiger partial charge in [0.1, 0.15) is 0 Å². The number of nitrogens with zero attached hydrogens (tertiary/aromatic N) is 2. The number of carbonyl (C=O) groups excluding carboxylic acids is 1. The maximum atomic E-state index is 13.5. The fourth-order valence-corrected chi connectivity index (χ4v) is 4.20. The average Bonchev–Trinajstić information content (AvgIpc) is 3.23. The molecule has 0 bridgehead atoms. The number of hydrogen-bond acceptors (Lipinski definition) is 1. The van der Waals surface area contributed by atoms with Gasteiger partial charge in [0.25, 0.3) is 0 Å². The first-order valence-corrected chi connectivity index (χ1v) is 10.2. The summed E-state index contributed by atoms with van der Waals surface area (Å²) < 4.78 is 2.21. The summed E-state index contributed by atoms with van der Waals surface area (Å²) >= 11 is 0. The van der Waals surface area contributed by atoms with E-state index < -0.39 is 0 Å². The van der Waals surface area contributed by atoms with Crippen molar-refractivity contribution in [1.82, 2.24) is 14.8 Å². The number of rotatable bonds is 3. The second-order valence-corrected chi connectivity index (χ2v) is 7.52. The summed E-state index contributed by atoms with van der Waals surface area (Å²) in [6.45, 7) is 1.04. The van der Waals surface area contributed by atoms with Crippen molar-refractivity contribution in [2.24, 2.45) is 0 Å². The fraction of sp³-hybridized carbons (Fsp3) is 0.115. The zero-order valence-electron chi connectivity index (χ0n) is 16.6. The molecule has 4 nitrogen and oxygen atoms in total. The van der Waals surface area contributed by atoms with Crippen LogP contribution in [0.3, 0.4) is 0 Å². The van der Waals surface area contributed by atoms with Crippen LogP contribution in [-0.2, 0) is 13.1 Å². The Balaban J connectivity index is 1.56. The molecule has 4 heteroatoms. The number of hydrogen-bond donors (Lipinski definition) is 1. The van der Waals surface area contributed by atoms with Gasteiger partial charge in [-0.15, -0.1) is 0 Å². The van der Waals surface area contributed by atoms with Crippen molar-refractivity contribution >= 4 is 6.03 Å². The number of urea groups is 1. The molecule has 30 heavy (non-hydrogen) atoms. The Morgan fingerprint density at radius 1 is 0.833 bits per heavy atom. The van der Waals surface area contributed by atoms with Gasteiger partial charge in [-0.1, -0.05) is 78.9 Å². The molecule has 0 radical (unpaired) electrons. The van der Waals surface area contributed by atoms with Gasteiger partial charge in [0, 0.05) is 18.4 Å². The van der Waals surface area contributed by atoms with Gasteiger partial charge in [0.15, 0.2) is 0 Å². The van der Waals surface area contributed by atoms with E-state index in [0.29, 0.717) is 13.1 Å². The summed E-state index contributed by atoms with van der Waals surface area (Å²) in [4.78, 5) is 15.4. The zero-order chi connectivity index (χ0) is 20.3. The standard InChI is InChI=1S/C26H23N3O/c30-26(27-18-20-10-3-1-4-11-20)29-19-22-14-7-8-15-23(22)28-17-9-16-24(28)25(29)21-12-5-2-6-13-21/h1-17,25H,18-19H2,(H,27,30)/t25-/m1/s1. The molecule has 0 spiro atoms. The van der Waals surface area contributed by atoms with E-state index in [1.165, 1.54) is 0 Å². The first-order chi connectivity index (χ1) is 14.8. The lowest BCUT2D eigenvalue weighted by molar-refractivity contribution is 0.180. The Labute approximate surface area is 176 Å². The minimum Gasteiger partial charge on any atom is -0.334 e. The van der Waals surface area contributed by atoms with Crippen LogP contribution in [0.15, 0.2) is 103 Å². The second-order valence-electron chi connectivity index (χ2n) is 7.52. The van der Waals surface area contributed by atoms with Gasteiger partial charge < -0.3 is 14.8 Å². The van der Waals surface area contributed by atoms with Crippen LogP contribution >= 0.6 is 0 Å². The molecule has 1 aliphatic rings. The van der Waals surface area contributed by atoms with Crippen LogP contribution in [-0.4, -0.2) is 15.5 Å². The Morgan fingerprint density at radius 3 is 2.33 bits per heavy atom. The Kier molecular flexibility index (Phi) is 4.81. The largest absolute Gasteiger partial charge is 0.334 e. The van der Waals surface area contributed by atoms with Gasteiger partial charge in [-0.2, -0.15) is 0 Å². The Morgan fingerprint density at radius 2 is 1.53 bits per heavy atom. The van der Waals surface area contributed by atoms with Gasteiger partial charge in [0.2, 0.25) is 0 Å². The summed E-state index contributed by atoms with van der Waals surface area (Å²) in [6, 6.07) is 32.5. The smallest absolute Gasteiger partial charge is 0.318 e. The molecule has 0 saturated carbocycles. The summed E-state index contributed by atoms with van der Waals surface area (Å²) in [7, 11) is 0. The highest BCUT2D eigenvalue weighted by atomic mass is 16.2. The molecular weight excluding hydrogens is 370 g/mol. The van der Waals surface area contributed by atoms with E-state index in [1.807, 2.05) is 71.6 Å². The van der Waals surface area contributed by atoms with Gasteiger partial charge in [-0.25, -0.2) is 4.79 Å². The zero-order valence-corrected chi connectivity index (χ0v) is 16.6. The topological polar surface area (TPSA) is 37.3 Å². The SMILES string of the molecule is O=C(NCc1ccccc1)N1Cc2ccccc2-n2cccc2[C@H]1c1ccccc1.